The molecule has 1 saturated carbocycles. The molecule has 6 heteroatoms. The second-order valence-electron chi connectivity index (χ2n) is 7.80. The average molecular weight is 362 g/mol. The normalized spacial score (nSPS) is 21.6. The maximum absolute atomic E-state index is 13.3. The van der Waals surface area contributed by atoms with Crippen LogP contribution in [0.15, 0.2) is 24.3 Å². The highest BCUT2D eigenvalue weighted by Crippen LogP contribution is 2.47. The van der Waals surface area contributed by atoms with Gasteiger partial charge in [-0.3, -0.25) is 4.79 Å². The number of hydrogen-bond donors (Lipinski definition) is 0. The summed E-state index contributed by atoms with van der Waals surface area (Å²) in [5, 5.41) is 15.2. The number of nitrogens with zero attached hydrogens (tertiary/aromatic N) is 4. The zero-order chi connectivity index (χ0) is 18.1. The molecular weight excluding hydrogens is 344 g/mol. The van der Waals surface area contributed by atoms with Gasteiger partial charge in [0.25, 0.3) is 0 Å². The summed E-state index contributed by atoms with van der Waals surface area (Å²) in [6.07, 6.45) is 2.82. The van der Waals surface area contributed by atoms with E-state index in [0.29, 0.717) is 18.0 Å². The molecule has 1 fully saturated rings. The van der Waals surface area contributed by atoms with Gasteiger partial charge in [-0.15, -0.1) is 0 Å². The second kappa shape index (κ2) is 5.24. The monoisotopic (exact) mass is 362 g/mol. The number of ketones is 1. The van der Waals surface area contributed by atoms with Crippen LogP contribution in [0.3, 0.4) is 0 Å². The van der Waals surface area contributed by atoms with Crippen LogP contribution in [0.5, 0.6) is 0 Å². The Balaban J connectivity index is 1.75. The van der Waals surface area contributed by atoms with Crippen molar-refractivity contribution in [2.24, 2.45) is 11.3 Å². The Morgan fingerprint density at radius 3 is 2.77 bits per heavy atom. The Morgan fingerprint density at radius 2 is 2.08 bits per heavy atom. The second-order valence-corrected chi connectivity index (χ2v) is 8.81. The molecule has 5 rings (SSSR count). The summed E-state index contributed by atoms with van der Waals surface area (Å²) in [5.41, 5.74) is 2.83. The molecule has 2 aliphatic carbocycles. The minimum absolute atomic E-state index is 0.00366. The fourth-order valence-electron chi connectivity index (χ4n) is 3.81. The van der Waals surface area contributed by atoms with Gasteiger partial charge in [0.15, 0.2) is 5.78 Å². The first kappa shape index (κ1) is 15.7. The molecular formula is C20H18N4OS. The lowest BCUT2D eigenvalue weighted by molar-refractivity contribution is 0.0752. The van der Waals surface area contributed by atoms with Gasteiger partial charge in [-0.25, -0.2) is 9.67 Å². The van der Waals surface area contributed by atoms with Gasteiger partial charge < -0.3 is 0 Å². The summed E-state index contributed by atoms with van der Waals surface area (Å²) in [7, 11) is 0. The number of Topliss-reactive ketones (excluding diaryl/α,β-unsaturated/α-hetero) is 1. The third-order valence-corrected chi connectivity index (χ3v) is 6.69. The molecule has 0 radical (unpaired) electrons. The number of hydrogen-bond acceptors (Lipinski definition) is 5. The molecule has 0 N–H and O–H groups in total. The van der Waals surface area contributed by atoms with Gasteiger partial charge in [-0.2, -0.15) is 10.4 Å². The van der Waals surface area contributed by atoms with E-state index < -0.39 is 5.41 Å². The molecule has 0 bridgehead atoms. The van der Waals surface area contributed by atoms with Gasteiger partial charge in [-0.05, 0) is 31.4 Å². The van der Waals surface area contributed by atoms with E-state index in [2.05, 4.69) is 6.07 Å². The zero-order valence-corrected chi connectivity index (χ0v) is 15.5. The number of thiazole rings is 1. The van der Waals surface area contributed by atoms with Crippen LogP contribution >= 0.6 is 11.3 Å². The van der Waals surface area contributed by atoms with Crippen molar-refractivity contribution in [3.05, 3.63) is 41.2 Å². The van der Waals surface area contributed by atoms with Crippen LogP contribution in [-0.4, -0.2) is 20.5 Å². The molecule has 2 heterocycles. The lowest BCUT2D eigenvalue weighted by Gasteiger charge is -2.32. The first-order valence-corrected chi connectivity index (χ1v) is 9.74. The van der Waals surface area contributed by atoms with E-state index in [1.54, 1.807) is 16.0 Å². The van der Waals surface area contributed by atoms with Crippen molar-refractivity contribution in [3.8, 4) is 11.2 Å². The van der Waals surface area contributed by atoms with Gasteiger partial charge in [0.2, 0.25) is 5.13 Å². The molecule has 26 heavy (non-hydrogen) atoms. The fourth-order valence-corrected chi connectivity index (χ4v) is 4.73. The zero-order valence-electron chi connectivity index (χ0n) is 14.7. The predicted molar refractivity (Wildman–Crippen MR) is 99.6 cm³/mol. The van der Waals surface area contributed by atoms with E-state index in [9.17, 15) is 10.1 Å². The third-order valence-electron chi connectivity index (χ3n) is 5.68. The van der Waals surface area contributed by atoms with Crippen molar-refractivity contribution in [3.63, 3.8) is 0 Å². The Kier molecular flexibility index (Phi) is 3.17. The predicted octanol–water partition coefficient (Wildman–Crippen LogP) is 4.26. The standard InChI is InChI=1S/C20H18N4OS/c1-20(2)12(10-21)9-13-16(11-7-8-11)23-24(17(13)18(20)25)19-22-14-5-3-4-6-15(14)26-19/h3-6,11-12H,7-9H2,1-2H3. The molecule has 0 saturated heterocycles. The highest BCUT2D eigenvalue weighted by Gasteiger charge is 2.48. The van der Waals surface area contributed by atoms with Gasteiger partial charge in [0.05, 0.1) is 27.9 Å². The third kappa shape index (κ3) is 2.10. The number of fused-ring (bicyclic) bond motifs is 2. The Bertz CT molecular complexity index is 1060. The molecule has 0 amide bonds. The molecule has 0 aliphatic heterocycles. The minimum Gasteiger partial charge on any atom is -0.292 e. The van der Waals surface area contributed by atoms with E-state index in [1.165, 1.54) is 0 Å². The van der Waals surface area contributed by atoms with Gasteiger partial charge in [0, 0.05) is 16.9 Å². The molecule has 2 aliphatic rings. The van der Waals surface area contributed by atoms with Crippen LogP contribution in [0.1, 0.15) is 54.4 Å². The summed E-state index contributed by atoms with van der Waals surface area (Å²) in [5.74, 6) is 0.115. The SMILES string of the molecule is CC1(C)C(=O)c2c(c(C3CC3)nn2-c2nc3ccccc3s2)CC1C#N. The van der Waals surface area contributed by atoms with Crippen molar-refractivity contribution in [1.29, 1.82) is 5.26 Å². The molecule has 3 aromatic rings. The van der Waals surface area contributed by atoms with Gasteiger partial charge >= 0.3 is 0 Å². The fraction of sp³-hybridized carbons (Fsp3) is 0.400. The first-order valence-electron chi connectivity index (χ1n) is 8.93. The van der Waals surface area contributed by atoms with Crippen LogP contribution in [0.25, 0.3) is 15.3 Å². The number of benzene rings is 1. The number of aromatic nitrogens is 3. The van der Waals surface area contributed by atoms with Crippen LogP contribution in [-0.2, 0) is 6.42 Å². The van der Waals surface area contributed by atoms with Crippen molar-refractivity contribution >= 4 is 27.3 Å². The van der Waals surface area contributed by atoms with Crippen molar-refractivity contribution in [1.82, 2.24) is 14.8 Å². The Labute approximate surface area is 155 Å². The maximum atomic E-state index is 13.3. The molecule has 1 aromatic carbocycles. The number of para-hydroxylation sites is 1. The van der Waals surface area contributed by atoms with Gasteiger partial charge in [-0.1, -0.05) is 37.3 Å². The summed E-state index contributed by atoms with van der Waals surface area (Å²) in [6.45, 7) is 3.75. The van der Waals surface area contributed by atoms with Crippen molar-refractivity contribution < 1.29 is 4.79 Å². The summed E-state index contributed by atoms with van der Waals surface area (Å²) in [6, 6.07) is 10.3. The van der Waals surface area contributed by atoms with E-state index in [-0.39, 0.29) is 11.7 Å². The highest BCUT2D eigenvalue weighted by atomic mass is 32.1. The van der Waals surface area contributed by atoms with Gasteiger partial charge in [0.1, 0.15) is 5.69 Å². The molecule has 1 atom stereocenters. The minimum atomic E-state index is -0.711. The first-order chi connectivity index (χ1) is 12.5. The van der Waals surface area contributed by atoms with E-state index in [1.807, 2.05) is 38.1 Å². The average Bonchev–Trinajstić information content (AvgIpc) is 3.26. The Morgan fingerprint density at radius 1 is 1.31 bits per heavy atom. The topological polar surface area (TPSA) is 71.6 Å². The largest absolute Gasteiger partial charge is 0.292 e. The number of carbonyl (C=O) groups excluding carboxylic acids is 1. The molecule has 5 nitrogen and oxygen atoms in total. The number of rotatable bonds is 2. The number of nitriles is 1. The quantitative estimate of drug-likeness (QED) is 0.683. The summed E-state index contributed by atoms with van der Waals surface area (Å²) < 4.78 is 2.84. The van der Waals surface area contributed by atoms with Crippen LogP contribution in [0, 0.1) is 22.7 Å². The maximum Gasteiger partial charge on any atom is 0.212 e. The Hall–Kier alpha value is -2.52. The summed E-state index contributed by atoms with van der Waals surface area (Å²) >= 11 is 1.55. The molecule has 2 aromatic heterocycles. The number of carbonyl (C=O) groups is 1. The summed E-state index contributed by atoms with van der Waals surface area (Å²) in [4.78, 5) is 18.0. The van der Waals surface area contributed by atoms with Crippen LogP contribution in [0.4, 0.5) is 0 Å². The molecule has 0 spiro atoms. The van der Waals surface area contributed by atoms with Crippen LogP contribution in [0.2, 0.25) is 0 Å². The van der Waals surface area contributed by atoms with E-state index >= 15 is 0 Å². The van der Waals surface area contributed by atoms with Crippen molar-refractivity contribution in [2.45, 2.75) is 39.0 Å². The van der Waals surface area contributed by atoms with E-state index in [0.717, 1.165) is 39.4 Å². The highest BCUT2D eigenvalue weighted by molar-refractivity contribution is 7.20. The molecule has 1 unspecified atom stereocenters. The van der Waals surface area contributed by atoms with Crippen molar-refractivity contribution in [2.75, 3.05) is 0 Å². The molecule has 130 valence electrons. The van der Waals surface area contributed by atoms with Crippen LogP contribution < -0.4 is 0 Å². The van der Waals surface area contributed by atoms with E-state index in [4.69, 9.17) is 10.1 Å². The smallest absolute Gasteiger partial charge is 0.212 e. The lowest BCUT2D eigenvalue weighted by atomic mass is 9.67. The lowest BCUT2D eigenvalue weighted by Crippen LogP contribution is -2.39.